The van der Waals surface area contributed by atoms with E-state index >= 15 is 0 Å². The maximum atomic E-state index is 11.0. The first kappa shape index (κ1) is 9.67. The van der Waals surface area contributed by atoms with Crippen LogP contribution in [0.1, 0.15) is 10.5 Å². The van der Waals surface area contributed by atoms with Gasteiger partial charge in [-0.2, -0.15) is 15.4 Å². The molecule has 0 aliphatic carbocycles. The number of carbonyl (C=O) groups is 1. The highest BCUT2D eigenvalue weighted by Crippen LogP contribution is 2.22. The molecule has 0 radical (unpaired) electrons. The first-order valence-electron chi connectivity index (χ1n) is 4.15. The van der Waals surface area contributed by atoms with Gasteiger partial charge < -0.3 is 5.73 Å². The van der Waals surface area contributed by atoms with E-state index in [-0.39, 0.29) is 5.69 Å². The summed E-state index contributed by atoms with van der Waals surface area (Å²) in [7, 11) is 0. The number of rotatable bonds is 2. The van der Waals surface area contributed by atoms with Gasteiger partial charge in [-0.15, -0.1) is 0 Å². The van der Waals surface area contributed by atoms with Crippen LogP contribution < -0.4 is 5.73 Å². The van der Waals surface area contributed by atoms with E-state index in [1.165, 1.54) is 0 Å². The summed E-state index contributed by atoms with van der Waals surface area (Å²) in [5, 5.41) is 10.4. The Hall–Kier alpha value is -1.88. The molecule has 1 amide bonds. The Kier molecular flexibility index (Phi) is 2.39. The van der Waals surface area contributed by atoms with Crippen molar-refractivity contribution in [2.45, 2.75) is 0 Å². The third-order valence-corrected chi connectivity index (χ3v) is 2.11. The van der Waals surface area contributed by atoms with Crippen LogP contribution in [0.15, 0.2) is 24.3 Å². The summed E-state index contributed by atoms with van der Waals surface area (Å²) in [6.07, 6.45) is 0. The molecular weight excluding hydrogens is 216 g/mol. The van der Waals surface area contributed by atoms with Crippen LogP contribution in [-0.4, -0.2) is 21.3 Å². The summed E-state index contributed by atoms with van der Waals surface area (Å²) in [5.41, 5.74) is 6.36. The molecule has 0 saturated heterocycles. The zero-order chi connectivity index (χ0) is 10.8. The van der Waals surface area contributed by atoms with Crippen molar-refractivity contribution in [2.24, 2.45) is 5.73 Å². The van der Waals surface area contributed by atoms with Crippen molar-refractivity contribution in [1.29, 1.82) is 0 Å². The van der Waals surface area contributed by atoms with E-state index in [4.69, 9.17) is 17.3 Å². The zero-order valence-corrected chi connectivity index (χ0v) is 8.32. The average Bonchev–Trinajstić information content (AvgIpc) is 2.65. The van der Waals surface area contributed by atoms with Gasteiger partial charge >= 0.3 is 0 Å². The fraction of sp³-hybridized carbons (Fsp3) is 0. The molecule has 0 saturated carbocycles. The number of nitrogens with two attached hydrogens (primary N) is 1. The summed E-state index contributed by atoms with van der Waals surface area (Å²) in [6.45, 7) is 0. The number of amides is 1. The molecule has 2 rings (SSSR count). The molecule has 0 unspecified atom stereocenters. The highest BCUT2D eigenvalue weighted by Gasteiger charge is 2.14. The summed E-state index contributed by atoms with van der Waals surface area (Å²) in [5.74, 6) is -0.626. The number of benzene rings is 1. The zero-order valence-electron chi connectivity index (χ0n) is 7.57. The lowest BCUT2D eigenvalue weighted by molar-refractivity contribution is 0.0996. The molecule has 1 aromatic carbocycles. The largest absolute Gasteiger partial charge is 0.364 e. The number of aromatic nitrogens is 3. The Balaban J connectivity index is 2.54. The molecule has 1 aromatic heterocycles. The summed E-state index contributed by atoms with van der Waals surface area (Å²) in [6, 6.07) is 6.95. The van der Waals surface area contributed by atoms with Gasteiger partial charge in [-0.25, -0.2) is 0 Å². The number of hydrogen-bond acceptors (Lipinski definition) is 3. The molecule has 76 valence electrons. The highest BCUT2D eigenvalue weighted by atomic mass is 35.5. The van der Waals surface area contributed by atoms with Crippen molar-refractivity contribution < 1.29 is 4.79 Å². The maximum Gasteiger partial charge on any atom is 0.271 e. The van der Waals surface area contributed by atoms with Crippen molar-refractivity contribution >= 4 is 17.5 Å². The van der Waals surface area contributed by atoms with Gasteiger partial charge in [-0.3, -0.25) is 4.79 Å². The molecule has 0 aliphatic rings. The number of aromatic amines is 1. The molecule has 0 spiro atoms. The number of halogens is 1. The monoisotopic (exact) mass is 222 g/mol. The van der Waals surface area contributed by atoms with Crippen LogP contribution in [0.5, 0.6) is 0 Å². The van der Waals surface area contributed by atoms with Gasteiger partial charge in [0.15, 0.2) is 5.69 Å². The lowest BCUT2D eigenvalue weighted by Gasteiger charge is -1.98. The number of hydrogen-bond donors (Lipinski definition) is 2. The SMILES string of the molecule is NC(=O)c1n[nH]nc1-c1cccc(Cl)c1. The summed E-state index contributed by atoms with van der Waals surface area (Å²) >= 11 is 5.82. The topological polar surface area (TPSA) is 84.7 Å². The van der Waals surface area contributed by atoms with E-state index in [0.29, 0.717) is 16.3 Å². The molecule has 0 fully saturated rings. The average molecular weight is 223 g/mol. The van der Waals surface area contributed by atoms with Crippen LogP contribution >= 0.6 is 11.6 Å². The second kappa shape index (κ2) is 3.70. The molecule has 6 heteroatoms. The second-order valence-electron chi connectivity index (χ2n) is 2.90. The maximum absolute atomic E-state index is 11.0. The molecule has 5 nitrogen and oxygen atoms in total. The van der Waals surface area contributed by atoms with Crippen LogP contribution in [0.25, 0.3) is 11.3 Å². The van der Waals surface area contributed by atoms with Gasteiger partial charge in [-0.1, -0.05) is 23.7 Å². The minimum atomic E-state index is -0.626. The smallest absolute Gasteiger partial charge is 0.271 e. The summed E-state index contributed by atoms with van der Waals surface area (Å²) in [4.78, 5) is 11.0. The van der Waals surface area contributed by atoms with E-state index in [9.17, 15) is 4.79 Å². The lowest BCUT2D eigenvalue weighted by Crippen LogP contribution is -2.12. The normalized spacial score (nSPS) is 10.2. The molecule has 3 N–H and O–H groups in total. The van der Waals surface area contributed by atoms with Crippen LogP contribution in [0.2, 0.25) is 5.02 Å². The fourth-order valence-electron chi connectivity index (χ4n) is 1.24. The first-order valence-corrected chi connectivity index (χ1v) is 4.53. The van der Waals surface area contributed by atoms with Crippen LogP contribution in [0, 0.1) is 0 Å². The molecule has 0 aliphatic heterocycles. The molecule has 1 heterocycles. The van der Waals surface area contributed by atoms with Crippen molar-refractivity contribution in [3.05, 3.63) is 35.0 Å². The predicted molar refractivity (Wildman–Crippen MR) is 55.3 cm³/mol. The van der Waals surface area contributed by atoms with Crippen molar-refractivity contribution in [1.82, 2.24) is 15.4 Å². The minimum absolute atomic E-state index is 0.109. The van der Waals surface area contributed by atoms with E-state index in [2.05, 4.69) is 15.4 Å². The quantitative estimate of drug-likeness (QED) is 0.801. The Morgan fingerprint density at radius 1 is 1.40 bits per heavy atom. The van der Waals surface area contributed by atoms with E-state index in [0.717, 1.165) is 0 Å². The predicted octanol–water partition coefficient (Wildman–Crippen LogP) is 1.22. The van der Waals surface area contributed by atoms with Crippen molar-refractivity contribution in [3.8, 4) is 11.3 Å². The Morgan fingerprint density at radius 3 is 2.87 bits per heavy atom. The Morgan fingerprint density at radius 2 is 2.20 bits per heavy atom. The number of carbonyl (C=O) groups excluding carboxylic acids is 1. The first-order chi connectivity index (χ1) is 7.18. The molecule has 2 aromatic rings. The van der Waals surface area contributed by atoms with Gasteiger partial charge in [0, 0.05) is 10.6 Å². The fourth-order valence-corrected chi connectivity index (χ4v) is 1.43. The standard InChI is InChI=1S/C9H7ClN4O/c10-6-3-1-2-5(4-6)7-8(9(11)15)13-14-12-7/h1-4H,(H2,11,15)(H,12,13,14). The van der Waals surface area contributed by atoms with Gasteiger partial charge in [0.05, 0.1) is 0 Å². The van der Waals surface area contributed by atoms with Crippen LogP contribution in [0.4, 0.5) is 0 Å². The third-order valence-electron chi connectivity index (χ3n) is 1.88. The second-order valence-corrected chi connectivity index (χ2v) is 3.33. The molecule has 0 atom stereocenters. The van der Waals surface area contributed by atoms with Crippen molar-refractivity contribution in [3.63, 3.8) is 0 Å². The third kappa shape index (κ3) is 1.82. The molecule has 15 heavy (non-hydrogen) atoms. The Labute approximate surface area is 90.2 Å². The lowest BCUT2D eigenvalue weighted by atomic mass is 10.1. The highest BCUT2D eigenvalue weighted by molar-refractivity contribution is 6.30. The van der Waals surface area contributed by atoms with E-state index < -0.39 is 5.91 Å². The number of nitrogens with zero attached hydrogens (tertiary/aromatic N) is 2. The molecular formula is C9H7ClN4O. The van der Waals surface area contributed by atoms with Crippen molar-refractivity contribution in [2.75, 3.05) is 0 Å². The van der Waals surface area contributed by atoms with Gasteiger partial charge in [0.2, 0.25) is 0 Å². The number of H-pyrrole nitrogens is 1. The molecule has 0 bridgehead atoms. The van der Waals surface area contributed by atoms with Gasteiger partial charge in [0.25, 0.3) is 5.91 Å². The van der Waals surface area contributed by atoms with Gasteiger partial charge in [-0.05, 0) is 12.1 Å². The minimum Gasteiger partial charge on any atom is -0.364 e. The van der Waals surface area contributed by atoms with Crippen LogP contribution in [-0.2, 0) is 0 Å². The Bertz CT molecular complexity index is 508. The number of nitrogens with one attached hydrogen (secondary N) is 1. The summed E-state index contributed by atoms with van der Waals surface area (Å²) < 4.78 is 0. The van der Waals surface area contributed by atoms with Gasteiger partial charge in [0.1, 0.15) is 5.69 Å². The van der Waals surface area contributed by atoms with E-state index in [1.807, 2.05) is 0 Å². The van der Waals surface area contributed by atoms with Crippen LogP contribution in [0.3, 0.4) is 0 Å². The number of primary amides is 1. The van der Waals surface area contributed by atoms with E-state index in [1.54, 1.807) is 24.3 Å².